The third-order valence-electron chi connectivity index (χ3n) is 9.61. The Morgan fingerprint density at radius 3 is 1.20 bits per heavy atom. The summed E-state index contributed by atoms with van der Waals surface area (Å²) in [5.74, 6) is 0. The maximum absolute atomic E-state index is 2.40. The van der Waals surface area contributed by atoms with Gasteiger partial charge in [-0.05, 0) is 88.0 Å². The molecule has 0 spiro atoms. The van der Waals surface area contributed by atoms with E-state index in [1.54, 1.807) is 0 Å². The molecule has 0 aliphatic rings. The lowest BCUT2D eigenvalue weighted by molar-refractivity contribution is 1.18. The Morgan fingerprint density at radius 1 is 0.300 bits per heavy atom. The van der Waals surface area contributed by atoms with E-state index in [1.807, 2.05) is 0 Å². The molecule has 0 saturated heterocycles. The normalized spacial score (nSPS) is 11.2. The topological polar surface area (TPSA) is 8.17 Å². The van der Waals surface area contributed by atoms with Gasteiger partial charge in [0.2, 0.25) is 0 Å². The third kappa shape index (κ3) is 5.34. The van der Waals surface area contributed by atoms with E-state index in [-0.39, 0.29) is 0 Å². The molecule has 236 valence electrons. The van der Waals surface area contributed by atoms with Gasteiger partial charge in [-0.15, -0.1) is 0 Å². The van der Waals surface area contributed by atoms with Crippen molar-refractivity contribution in [3.8, 4) is 39.1 Å². The molecule has 0 aliphatic heterocycles. The third-order valence-corrected chi connectivity index (χ3v) is 9.61. The number of hydrogen-bond donors (Lipinski definition) is 0. The lowest BCUT2D eigenvalue weighted by atomic mass is 10.0. The Balaban J connectivity index is 1.22. The first-order chi connectivity index (χ1) is 24.8. The van der Waals surface area contributed by atoms with Crippen molar-refractivity contribution in [3.05, 3.63) is 206 Å². The maximum Gasteiger partial charge on any atom is 0.0562 e. The van der Waals surface area contributed by atoms with Crippen molar-refractivity contribution < 1.29 is 0 Å². The molecular weight excluding hydrogens is 605 g/mol. The fourth-order valence-electron chi connectivity index (χ4n) is 7.19. The average molecular weight is 639 g/mol. The number of aromatic nitrogens is 1. The van der Waals surface area contributed by atoms with Crippen molar-refractivity contribution in [1.29, 1.82) is 0 Å². The Bertz CT molecular complexity index is 2450. The minimum absolute atomic E-state index is 1.11. The fraction of sp³-hybridized carbons (Fsp3) is 0. The average Bonchev–Trinajstić information content (AvgIpc) is 3.55. The molecule has 0 saturated carbocycles. The van der Waals surface area contributed by atoms with Crippen LogP contribution in [-0.2, 0) is 0 Å². The van der Waals surface area contributed by atoms with Crippen LogP contribution in [0.15, 0.2) is 206 Å². The highest BCUT2D eigenvalue weighted by atomic mass is 15.1. The molecule has 8 aromatic carbocycles. The van der Waals surface area contributed by atoms with Crippen LogP contribution in [0.1, 0.15) is 0 Å². The largest absolute Gasteiger partial charge is 0.310 e. The van der Waals surface area contributed by atoms with Crippen LogP contribution in [0.3, 0.4) is 0 Å². The van der Waals surface area contributed by atoms with E-state index in [9.17, 15) is 0 Å². The molecule has 0 unspecified atom stereocenters. The first-order valence-corrected chi connectivity index (χ1v) is 17.1. The van der Waals surface area contributed by atoms with Gasteiger partial charge < -0.3 is 9.47 Å². The number of para-hydroxylation sites is 1. The molecule has 0 radical (unpaired) electrons. The Morgan fingerprint density at radius 2 is 0.700 bits per heavy atom. The smallest absolute Gasteiger partial charge is 0.0562 e. The van der Waals surface area contributed by atoms with Gasteiger partial charge in [0, 0.05) is 27.8 Å². The van der Waals surface area contributed by atoms with Gasteiger partial charge in [0.1, 0.15) is 0 Å². The van der Waals surface area contributed by atoms with Crippen molar-refractivity contribution in [2.24, 2.45) is 0 Å². The molecule has 1 aromatic heterocycles. The summed E-state index contributed by atoms with van der Waals surface area (Å²) < 4.78 is 2.40. The molecule has 0 amide bonds. The summed E-state index contributed by atoms with van der Waals surface area (Å²) in [6.07, 6.45) is 0. The SMILES string of the molecule is c1ccc(-c2ccc(N(c3ccc(-c4ccccc4)cc3)c3cccc4c3c3ccccc3n4-c3ccc(-c4ccccc4)cc3)cc2)cc1. The molecule has 2 heteroatoms. The van der Waals surface area contributed by atoms with Gasteiger partial charge in [-0.2, -0.15) is 0 Å². The van der Waals surface area contributed by atoms with Crippen LogP contribution >= 0.6 is 0 Å². The predicted octanol–water partition coefficient (Wildman–Crippen LogP) is 13.3. The number of nitrogens with zero attached hydrogens (tertiary/aromatic N) is 2. The van der Waals surface area contributed by atoms with Crippen LogP contribution < -0.4 is 4.90 Å². The van der Waals surface area contributed by atoms with Crippen LogP contribution in [0.4, 0.5) is 17.1 Å². The van der Waals surface area contributed by atoms with Gasteiger partial charge in [0.05, 0.1) is 16.7 Å². The van der Waals surface area contributed by atoms with E-state index in [2.05, 4.69) is 216 Å². The number of fused-ring (bicyclic) bond motifs is 3. The van der Waals surface area contributed by atoms with Crippen molar-refractivity contribution in [1.82, 2.24) is 4.57 Å². The molecule has 50 heavy (non-hydrogen) atoms. The maximum atomic E-state index is 2.40. The molecule has 2 nitrogen and oxygen atoms in total. The fourth-order valence-corrected chi connectivity index (χ4v) is 7.19. The second kappa shape index (κ2) is 12.8. The Labute approximate surface area is 292 Å². The summed E-state index contributed by atoms with van der Waals surface area (Å²) in [7, 11) is 0. The van der Waals surface area contributed by atoms with Crippen LogP contribution in [-0.4, -0.2) is 4.57 Å². The zero-order valence-corrected chi connectivity index (χ0v) is 27.5. The summed E-state index contributed by atoms with van der Waals surface area (Å²) >= 11 is 0. The van der Waals surface area contributed by atoms with E-state index in [0.717, 1.165) is 22.7 Å². The quantitative estimate of drug-likeness (QED) is 0.169. The number of benzene rings is 8. The second-order valence-electron chi connectivity index (χ2n) is 12.6. The summed E-state index contributed by atoms with van der Waals surface area (Å²) in [5, 5.41) is 2.44. The summed E-state index contributed by atoms with van der Waals surface area (Å²) in [6, 6.07) is 74.0. The van der Waals surface area contributed by atoms with Gasteiger partial charge in [0.25, 0.3) is 0 Å². The molecule has 0 bridgehead atoms. The second-order valence-corrected chi connectivity index (χ2v) is 12.6. The summed E-state index contributed by atoms with van der Waals surface area (Å²) in [4.78, 5) is 2.40. The van der Waals surface area contributed by atoms with E-state index < -0.39 is 0 Å². The van der Waals surface area contributed by atoms with Gasteiger partial charge in [-0.3, -0.25) is 0 Å². The molecule has 0 atom stereocenters. The van der Waals surface area contributed by atoms with Crippen LogP contribution in [0.25, 0.3) is 60.9 Å². The minimum Gasteiger partial charge on any atom is -0.310 e. The lowest BCUT2D eigenvalue weighted by Crippen LogP contribution is -2.10. The van der Waals surface area contributed by atoms with E-state index in [1.165, 1.54) is 55.2 Å². The lowest BCUT2D eigenvalue weighted by Gasteiger charge is -2.27. The zero-order chi connectivity index (χ0) is 33.3. The molecule has 0 N–H and O–H groups in total. The highest BCUT2D eigenvalue weighted by molar-refractivity contribution is 6.16. The van der Waals surface area contributed by atoms with E-state index in [0.29, 0.717) is 0 Å². The molecule has 0 fully saturated rings. The van der Waals surface area contributed by atoms with Gasteiger partial charge in [0.15, 0.2) is 0 Å². The van der Waals surface area contributed by atoms with Gasteiger partial charge >= 0.3 is 0 Å². The van der Waals surface area contributed by atoms with Crippen LogP contribution in [0, 0.1) is 0 Å². The van der Waals surface area contributed by atoms with Crippen molar-refractivity contribution >= 4 is 38.9 Å². The Hall–Kier alpha value is -6.64. The summed E-state index contributed by atoms with van der Waals surface area (Å²) in [6.45, 7) is 0. The molecule has 9 rings (SSSR count). The predicted molar refractivity (Wildman–Crippen MR) is 212 cm³/mol. The number of rotatable bonds is 7. The van der Waals surface area contributed by atoms with E-state index in [4.69, 9.17) is 0 Å². The standard InChI is InChI=1S/C48H34N2/c1-4-13-35(14-5-1)38-23-29-41(30-24-38)49(42-31-25-39(26-32-42)36-15-6-2-7-16-36)46-21-12-22-47-48(46)44-19-10-11-20-45(44)50(47)43-33-27-40(28-34-43)37-17-8-3-9-18-37/h1-34H. The van der Waals surface area contributed by atoms with Crippen LogP contribution in [0.2, 0.25) is 0 Å². The highest BCUT2D eigenvalue weighted by Gasteiger charge is 2.21. The first-order valence-electron chi connectivity index (χ1n) is 17.1. The molecule has 9 aromatic rings. The molecule has 1 heterocycles. The van der Waals surface area contributed by atoms with Gasteiger partial charge in [-0.1, -0.05) is 152 Å². The highest BCUT2D eigenvalue weighted by Crippen LogP contribution is 2.44. The first kappa shape index (κ1) is 29.5. The van der Waals surface area contributed by atoms with Crippen molar-refractivity contribution in [2.45, 2.75) is 0 Å². The van der Waals surface area contributed by atoms with E-state index >= 15 is 0 Å². The van der Waals surface area contributed by atoms with Crippen molar-refractivity contribution in [2.75, 3.05) is 4.90 Å². The number of anilines is 3. The summed E-state index contributed by atoms with van der Waals surface area (Å²) in [5.41, 5.74) is 14.1. The number of hydrogen-bond acceptors (Lipinski definition) is 1. The zero-order valence-electron chi connectivity index (χ0n) is 27.5. The van der Waals surface area contributed by atoms with Gasteiger partial charge in [-0.25, -0.2) is 0 Å². The minimum atomic E-state index is 1.11. The Kier molecular flexibility index (Phi) is 7.53. The van der Waals surface area contributed by atoms with Crippen LogP contribution in [0.5, 0.6) is 0 Å². The molecular formula is C48H34N2. The van der Waals surface area contributed by atoms with Crippen molar-refractivity contribution in [3.63, 3.8) is 0 Å². The monoisotopic (exact) mass is 638 g/mol. The molecule has 0 aliphatic carbocycles.